The zero-order chi connectivity index (χ0) is 7.82. The molecule has 1 rings (SSSR count). The second-order valence-electron chi connectivity index (χ2n) is 1.17. The van der Waals surface area contributed by atoms with E-state index in [2.05, 4.69) is 32.9 Å². The standard InChI is InChI=1S/C3H5NO.CH2N4/c1-2-3(4)5;1-2-4-5-3-1/h2H,1H2,(H2,4,5);1H,(H,2,3,4,5). The van der Waals surface area contributed by atoms with Gasteiger partial charge in [-0.2, -0.15) is 0 Å². The quantitative estimate of drug-likeness (QED) is 0.483. The van der Waals surface area contributed by atoms with Crippen molar-refractivity contribution >= 4 is 5.91 Å². The molecule has 1 amide bonds. The lowest BCUT2D eigenvalue weighted by Crippen LogP contribution is -2.04. The molecule has 6 nitrogen and oxygen atoms in total. The van der Waals surface area contributed by atoms with Crippen molar-refractivity contribution in [2.75, 3.05) is 0 Å². The summed E-state index contributed by atoms with van der Waals surface area (Å²) in [4.78, 5) is 9.47. The molecular weight excluding hydrogens is 134 g/mol. The van der Waals surface area contributed by atoms with Gasteiger partial charge in [0.1, 0.15) is 6.33 Å². The maximum Gasteiger partial charge on any atom is 0.240 e. The van der Waals surface area contributed by atoms with Gasteiger partial charge in [0.25, 0.3) is 0 Å². The Kier molecular flexibility index (Phi) is 4.49. The van der Waals surface area contributed by atoms with Crippen molar-refractivity contribution in [3.8, 4) is 0 Å². The zero-order valence-corrected chi connectivity index (χ0v) is 5.19. The van der Waals surface area contributed by atoms with Gasteiger partial charge < -0.3 is 5.73 Å². The average molecular weight is 141 g/mol. The average Bonchev–Trinajstić information content (AvgIpc) is 2.43. The molecule has 0 bridgehead atoms. The van der Waals surface area contributed by atoms with E-state index in [1.165, 1.54) is 6.33 Å². The fourth-order valence-electron chi connectivity index (χ4n) is 0.129. The summed E-state index contributed by atoms with van der Waals surface area (Å²) in [5, 5.41) is 12.1. The van der Waals surface area contributed by atoms with Crippen LogP contribution in [0.15, 0.2) is 19.0 Å². The number of aromatic amines is 1. The topological polar surface area (TPSA) is 97.6 Å². The monoisotopic (exact) mass is 141 g/mol. The SMILES string of the molecule is C=CC(N)=O.c1nnn[nH]1. The lowest BCUT2D eigenvalue weighted by molar-refractivity contribution is -0.113. The van der Waals surface area contributed by atoms with Crippen LogP contribution >= 0.6 is 0 Å². The predicted octanol–water partition coefficient (Wildman–Crippen LogP) is -1.14. The van der Waals surface area contributed by atoms with Gasteiger partial charge in [0.2, 0.25) is 5.91 Å². The van der Waals surface area contributed by atoms with Gasteiger partial charge in [-0.25, -0.2) is 5.10 Å². The van der Waals surface area contributed by atoms with Crippen molar-refractivity contribution in [2.24, 2.45) is 5.73 Å². The van der Waals surface area contributed by atoms with Gasteiger partial charge in [-0.3, -0.25) is 4.79 Å². The number of carbonyl (C=O) groups is 1. The van der Waals surface area contributed by atoms with Gasteiger partial charge >= 0.3 is 0 Å². The van der Waals surface area contributed by atoms with Crippen molar-refractivity contribution in [1.29, 1.82) is 0 Å². The van der Waals surface area contributed by atoms with E-state index < -0.39 is 5.91 Å². The molecule has 3 N–H and O–H groups in total. The van der Waals surface area contributed by atoms with Crippen LogP contribution in [0.2, 0.25) is 0 Å². The van der Waals surface area contributed by atoms with Crippen LogP contribution in [0.4, 0.5) is 0 Å². The van der Waals surface area contributed by atoms with Crippen LogP contribution < -0.4 is 5.73 Å². The third-order valence-electron chi connectivity index (χ3n) is 0.471. The molecule has 0 aliphatic carbocycles. The number of amides is 1. The molecule has 1 aromatic rings. The molecule has 0 aliphatic heterocycles. The van der Waals surface area contributed by atoms with Crippen molar-refractivity contribution in [3.05, 3.63) is 19.0 Å². The smallest absolute Gasteiger partial charge is 0.240 e. The van der Waals surface area contributed by atoms with Crippen LogP contribution in [-0.2, 0) is 4.79 Å². The summed E-state index contributed by atoms with van der Waals surface area (Å²) in [6, 6.07) is 0. The Bertz CT molecular complexity index is 164. The van der Waals surface area contributed by atoms with Crippen LogP contribution in [0.25, 0.3) is 0 Å². The third-order valence-corrected chi connectivity index (χ3v) is 0.471. The number of hydrogen-bond acceptors (Lipinski definition) is 4. The highest BCUT2D eigenvalue weighted by atomic mass is 16.1. The van der Waals surface area contributed by atoms with E-state index in [0.717, 1.165) is 6.08 Å². The summed E-state index contributed by atoms with van der Waals surface area (Å²) in [7, 11) is 0. The molecule has 0 aromatic carbocycles. The fraction of sp³-hybridized carbons (Fsp3) is 0. The maximum atomic E-state index is 9.47. The van der Waals surface area contributed by atoms with Gasteiger partial charge in [0.05, 0.1) is 0 Å². The molecule has 0 saturated heterocycles. The number of tetrazole rings is 1. The molecule has 0 atom stereocenters. The Balaban J connectivity index is 0.000000162. The Morgan fingerprint density at radius 3 is 2.50 bits per heavy atom. The van der Waals surface area contributed by atoms with Crippen LogP contribution in [0, 0.1) is 0 Å². The van der Waals surface area contributed by atoms with E-state index in [9.17, 15) is 4.79 Å². The molecule has 1 heterocycles. The Hall–Kier alpha value is -1.72. The van der Waals surface area contributed by atoms with E-state index in [0.29, 0.717) is 0 Å². The third kappa shape index (κ3) is 6.28. The fourth-order valence-corrected chi connectivity index (χ4v) is 0.129. The lowest BCUT2D eigenvalue weighted by atomic mass is 10.6. The van der Waals surface area contributed by atoms with Gasteiger partial charge in [-0.15, -0.1) is 5.10 Å². The van der Waals surface area contributed by atoms with Crippen LogP contribution in [0.5, 0.6) is 0 Å². The minimum atomic E-state index is -0.481. The number of primary amides is 1. The zero-order valence-electron chi connectivity index (χ0n) is 5.19. The highest BCUT2D eigenvalue weighted by Crippen LogP contribution is 1.48. The molecule has 0 fully saturated rings. The molecule has 0 radical (unpaired) electrons. The van der Waals surface area contributed by atoms with E-state index in [1.54, 1.807) is 0 Å². The Labute approximate surface area is 57.1 Å². The first kappa shape index (κ1) is 8.28. The van der Waals surface area contributed by atoms with Crippen LogP contribution in [0.3, 0.4) is 0 Å². The van der Waals surface area contributed by atoms with Crippen molar-refractivity contribution in [1.82, 2.24) is 20.6 Å². The normalized spacial score (nSPS) is 7.20. The van der Waals surface area contributed by atoms with Crippen LogP contribution in [0.1, 0.15) is 0 Å². The number of carbonyl (C=O) groups excluding carboxylic acids is 1. The van der Waals surface area contributed by atoms with E-state index in [-0.39, 0.29) is 0 Å². The summed E-state index contributed by atoms with van der Waals surface area (Å²) >= 11 is 0. The summed E-state index contributed by atoms with van der Waals surface area (Å²) in [5.74, 6) is -0.481. The summed E-state index contributed by atoms with van der Waals surface area (Å²) in [6.07, 6.45) is 2.46. The number of aromatic nitrogens is 4. The molecule has 6 heteroatoms. The largest absolute Gasteiger partial charge is 0.366 e. The van der Waals surface area contributed by atoms with Crippen molar-refractivity contribution in [3.63, 3.8) is 0 Å². The van der Waals surface area contributed by atoms with Crippen molar-refractivity contribution < 1.29 is 4.79 Å². The van der Waals surface area contributed by atoms with Gasteiger partial charge in [0, 0.05) is 0 Å². The van der Waals surface area contributed by atoms with Gasteiger partial charge in [-0.05, 0) is 16.5 Å². The first-order valence-corrected chi connectivity index (χ1v) is 2.36. The number of nitrogens with zero attached hydrogens (tertiary/aromatic N) is 3. The number of rotatable bonds is 1. The number of H-pyrrole nitrogens is 1. The maximum absolute atomic E-state index is 9.47. The number of nitrogens with two attached hydrogens (primary N) is 1. The molecule has 0 saturated carbocycles. The van der Waals surface area contributed by atoms with Crippen molar-refractivity contribution in [2.45, 2.75) is 0 Å². The van der Waals surface area contributed by atoms with E-state index >= 15 is 0 Å². The van der Waals surface area contributed by atoms with E-state index in [1.807, 2.05) is 0 Å². The number of hydrogen-bond donors (Lipinski definition) is 2. The summed E-state index contributed by atoms with van der Waals surface area (Å²) < 4.78 is 0. The molecule has 0 spiro atoms. The first-order valence-electron chi connectivity index (χ1n) is 2.36. The molecule has 0 unspecified atom stereocenters. The lowest BCUT2D eigenvalue weighted by Gasteiger charge is -1.65. The van der Waals surface area contributed by atoms with Gasteiger partial charge in [0.15, 0.2) is 0 Å². The number of nitrogens with one attached hydrogen (secondary N) is 1. The minimum absolute atomic E-state index is 0.481. The Morgan fingerprint density at radius 2 is 2.40 bits per heavy atom. The summed E-state index contributed by atoms with van der Waals surface area (Å²) in [6.45, 7) is 3.09. The Morgan fingerprint density at radius 1 is 1.80 bits per heavy atom. The summed E-state index contributed by atoms with van der Waals surface area (Å²) in [5.41, 5.74) is 4.53. The predicted molar refractivity (Wildman–Crippen MR) is 33.6 cm³/mol. The van der Waals surface area contributed by atoms with Gasteiger partial charge in [-0.1, -0.05) is 6.58 Å². The second-order valence-corrected chi connectivity index (χ2v) is 1.17. The first-order chi connectivity index (χ1) is 4.77. The van der Waals surface area contributed by atoms with Crippen LogP contribution in [-0.4, -0.2) is 26.5 Å². The minimum Gasteiger partial charge on any atom is -0.366 e. The molecule has 1 aromatic heterocycles. The highest BCUT2D eigenvalue weighted by Gasteiger charge is 1.69. The molecule has 0 aliphatic rings. The second kappa shape index (κ2) is 5.42. The highest BCUT2D eigenvalue weighted by molar-refractivity contribution is 5.84. The molecule has 54 valence electrons. The molecule has 10 heavy (non-hydrogen) atoms. The van der Waals surface area contributed by atoms with E-state index in [4.69, 9.17) is 0 Å². The molecular formula is C4H7N5O.